The lowest BCUT2D eigenvalue weighted by molar-refractivity contribution is 0.0589. The largest absolute Gasteiger partial charge is 0.489 e. The summed E-state index contributed by atoms with van der Waals surface area (Å²) in [7, 11) is 1.62. The van der Waals surface area contributed by atoms with E-state index < -0.39 is 17.4 Å². The van der Waals surface area contributed by atoms with Gasteiger partial charge < -0.3 is 14.9 Å². The molecule has 1 aromatic heterocycles. The smallest absolute Gasteiger partial charge is 0.414 e. The lowest BCUT2D eigenvalue weighted by atomic mass is 10.1. The molecule has 9 heteroatoms. The second-order valence-electron chi connectivity index (χ2n) is 11.7. The second kappa shape index (κ2) is 13.6. The van der Waals surface area contributed by atoms with Crippen LogP contribution >= 0.6 is 0 Å². The van der Waals surface area contributed by atoms with Crippen LogP contribution in [0.2, 0.25) is 0 Å². The third kappa shape index (κ3) is 7.53. The molecule has 0 aliphatic rings. The van der Waals surface area contributed by atoms with Crippen molar-refractivity contribution in [3.05, 3.63) is 101 Å². The first-order valence-corrected chi connectivity index (χ1v) is 14.7. The summed E-state index contributed by atoms with van der Waals surface area (Å²) in [6.45, 7) is 11.6. The molecule has 0 aliphatic carbocycles. The van der Waals surface area contributed by atoms with Crippen molar-refractivity contribution in [1.29, 1.82) is 5.41 Å². The van der Waals surface area contributed by atoms with Gasteiger partial charge in [0, 0.05) is 18.9 Å². The summed E-state index contributed by atoms with van der Waals surface area (Å²) >= 11 is 0. The maximum absolute atomic E-state index is 14.2. The van der Waals surface area contributed by atoms with Crippen molar-refractivity contribution in [3.63, 3.8) is 0 Å². The van der Waals surface area contributed by atoms with E-state index >= 15 is 0 Å². The average Bonchev–Trinajstić information content (AvgIpc) is 3.30. The number of aliphatic imine (C=N–C) groups is 1. The molecule has 0 saturated heterocycles. The van der Waals surface area contributed by atoms with Crippen molar-refractivity contribution in [2.45, 2.75) is 60.2 Å². The van der Waals surface area contributed by atoms with Crippen LogP contribution in [0, 0.1) is 11.3 Å². The molecule has 44 heavy (non-hydrogen) atoms. The second-order valence-corrected chi connectivity index (χ2v) is 11.7. The van der Waals surface area contributed by atoms with Crippen LogP contribution < -0.4 is 15.3 Å². The Kier molecular flexibility index (Phi) is 9.88. The number of amides is 1. The fourth-order valence-electron chi connectivity index (χ4n) is 4.43. The van der Waals surface area contributed by atoms with Crippen LogP contribution in [-0.2, 0) is 11.3 Å². The number of imidazole rings is 1. The number of hydrogen-bond acceptors (Lipinski definition) is 6. The molecule has 1 N–H and O–H groups in total. The first kappa shape index (κ1) is 32.0. The normalized spacial score (nSPS) is 12.2. The van der Waals surface area contributed by atoms with Gasteiger partial charge in [-0.15, -0.1) is 0 Å². The number of carbonyl (C=O) groups is 1. The molecule has 0 radical (unpaired) electrons. The zero-order valence-corrected chi connectivity index (χ0v) is 26.5. The Bertz CT molecular complexity index is 1700. The van der Waals surface area contributed by atoms with Crippen LogP contribution in [0.4, 0.5) is 16.3 Å². The molecule has 1 amide bonds. The summed E-state index contributed by atoms with van der Waals surface area (Å²) in [6, 6.07) is 24.2. The molecule has 4 aromatic rings. The fraction of sp³-hybridized carbons (Fsp3) is 0.314. The summed E-state index contributed by atoms with van der Waals surface area (Å²) in [6.07, 6.45) is 2.16. The number of hydrogen-bond donors (Lipinski definition) is 1. The van der Waals surface area contributed by atoms with Gasteiger partial charge in [-0.2, -0.15) is 0 Å². The summed E-state index contributed by atoms with van der Waals surface area (Å²) in [5, 5.41) is 8.68. The summed E-state index contributed by atoms with van der Waals surface area (Å²) in [4.78, 5) is 33.2. The maximum Gasteiger partial charge on any atom is 0.414 e. The Morgan fingerprint density at radius 2 is 1.68 bits per heavy atom. The Labute approximate surface area is 258 Å². The number of rotatable bonds is 10. The minimum Gasteiger partial charge on any atom is -0.489 e. The standard InChI is InChI=1S/C35H41N5O4/c1-8-24(2)22-37-32-31(25(3)36)39(27-17-19-30(20-18-27)43-23-26-13-10-9-11-14-26)33(41)40(32)29-16-12-15-28(21-29)38(7)34(42)44-35(4,5)6/h9-22,24,36H,8,23H2,1-7H3. The predicted octanol–water partition coefficient (Wildman–Crippen LogP) is 7.71. The molecular formula is C35H41N5O4. The Hall–Kier alpha value is -4.92. The molecule has 230 valence electrons. The Morgan fingerprint density at radius 1 is 1.00 bits per heavy atom. The van der Waals surface area contributed by atoms with Crippen molar-refractivity contribution in [2.24, 2.45) is 10.9 Å². The summed E-state index contributed by atoms with van der Waals surface area (Å²) in [5.74, 6) is 1.15. The molecule has 9 nitrogen and oxygen atoms in total. The number of nitrogens with one attached hydrogen (secondary N) is 1. The molecule has 0 saturated carbocycles. The minimum absolute atomic E-state index is 0.159. The number of benzene rings is 3. The third-order valence-corrected chi connectivity index (χ3v) is 6.97. The van der Waals surface area contributed by atoms with Crippen molar-refractivity contribution in [2.75, 3.05) is 11.9 Å². The zero-order valence-electron chi connectivity index (χ0n) is 26.5. The molecule has 1 heterocycles. The van der Waals surface area contributed by atoms with E-state index in [2.05, 4.69) is 6.92 Å². The summed E-state index contributed by atoms with van der Waals surface area (Å²) < 4.78 is 14.5. The van der Waals surface area contributed by atoms with Crippen LogP contribution in [-0.4, -0.2) is 39.8 Å². The van der Waals surface area contributed by atoms with Gasteiger partial charge in [0.1, 0.15) is 23.7 Å². The first-order valence-electron chi connectivity index (χ1n) is 14.7. The highest BCUT2D eigenvalue weighted by Crippen LogP contribution is 2.29. The van der Waals surface area contributed by atoms with Gasteiger partial charge >= 0.3 is 11.8 Å². The van der Waals surface area contributed by atoms with E-state index in [0.29, 0.717) is 40.9 Å². The summed E-state index contributed by atoms with van der Waals surface area (Å²) in [5.41, 5.74) is 2.18. The van der Waals surface area contributed by atoms with Gasteiger partial charge in [-0.05, 0) is 88.1 Å². The Balaban J connectivity index is 1.81. The van der Waals surface area contributed by atoms with Crippen molar-refractivity contribution in [1.82, 2.24) is 9.13 Å². The topological polar surface area (TPSA) is 102 Å². The van der Waals surface area contributed by atoms with Gasteiger partial charge in [-0.25, -0.2) is 19.1 Å². The predicted molar refractivity (Wildman–Crippen MR) is 177 cm³/mol. The van der Waals surface area contributed by atoms with E-state index in [1.54, 1.807) is 56.6 Å². The monoisotopic (exact) mass is 595 g/mol. The fourth-order valence-corrected chi connectivity index (χ4v) is 4.43. The maximum atomic E-state index is 14.2. The minimum atomic E-state index is -0.659. The van der Waals surface area contributed by atoms with Gasteiger partial charge in [-0.1, -0.05) is 50.2 Å². The third-order valence-electron chi connectivity index (χ3n) is 6.97. The molecule has 0 aliphatic heterocycles. The highest BCUT2D eigenvalue weighted by atomic mass is 16.6. The first-order chi connectivity index (χ1) is 20.9. The lowest BCUT2D eigenvalue weighted by Gasteiger charge is -2.25. The SMILES string of the molecule is CCC(C)C=Nc1c(C(C)=N)n(-c2ccc(OCc3ccccc3)cc2)c(=O)n1-c1cccc(N(C)C(=O)OC(C)(C)C)c1. The molecule has 1 atom stereocenters. The van der Waals surface area contributed by atoms with Gasteiger partial charge in [0.15, 0.2) is 5.82 Å². The number of carbonyl (C=O) groups excluding carboxylic acids is 1. The van der Waals surface area contributed by atoms with Gasteiger partial charge in [0.2, 0.25) is 0 Å². The van der Waals surface area contributed by atoms with Crippen LogP contribution in [0.1, 0.15) is 59.2 Å². The van der Waals surface area contributed by atoms with Crippen molar-refractivity contribution < 1.29 is 14.3 Å². The van der Waals surface area contributed by atoms with Crippen LogP contribution in [0.15, 0.2) is 88.6 Å². The average molecular weight is 596 g/mol. The lowest BCUT2D eigenvalue weighted by Crippen LogP contribution is -2.34. The highest BCUT2D eigenvalue weighted by molar-refractivity contribution is 6.00. The van der Waals surface area contributed by atoms with Crippen molar-refractivity contribution in [3.8, 4) is 17.1 Å². The van der Waals surface area contributed by atoms with E-state index in [9.17, 15) is 9.59 Å². The van der Waals surface area contributed by atoms with Crippen LogP contribution in [0.25, 0.3) is 11.4 Å². The van der Waals surface area contributed by atoms with Gasteiger partial charge in [0.25, 0.3) is 0 Å². The molecule has 3 aromatic carbocycles. The van der Waals surface area contributed by atoms with E-state index in [1.807, 2.05) is 70.2 Å². The number of anilines is 1. The molecule has 0 bridgehead atoms. The van der Waals surface area contributed by atoms with E-state index in [1.165, 1.54) is 14.0 Å². The van der Waals surface area contributed by atoms with E-state index in [0.717, 1.165) is 12.0 Å². The quantitative estimate of drug-likeness (QED) is 0.190. The zero-order chi connectivity index (χ0) is 32.0. The molecule has 1 unspecified atom stereocenters. The van der Waals surface area contributed by atoms with Crippen LogP contribution in [0.5, 0.6) is 5.75 Å². The number of ether oxygens (including phenoxy) is 2. The molecular weight excluding hydrogens is 554 g/mol. The highest BCUT2D eigenvalue weighted by Gasteiger charge is 2.25. The van der Waals surface area contributed by atoms with E-state index in [4.69, 9.17) is 19.9 Å². The molecule has 0 fully saturated rings. The Morgan fingerprint density at radius 3 is 2.30 bits per heavy atom. The molecule has 0 spiro atoms. The van der Waals surface area contributed by atoms with Gasteiger partial charge in [0.05, 0.1) is 17.1 Å². The number of nitrogens with zero attached hydrogens (tertiary/aromatic N) is 4. The number of aromatic nitrogens is 2. The van der Waals surface area contributed by atoms with Gasteiger partial charge in [-0.3, -0.25) is 9.47 Å². The molecule has 4 rings (SSSR count). The van der Waals surface area contributed by atoms with Crippen molar-refractivity contribution >= 4 is 29.5 Å². The van der Waals surface area contributed by atoms with E-state index in [-0.39, 0.29) is 11.6 Å². The van der Waals surface area contributed by atoms with Crippen LogP contribution in [0.3, 0.4) is 0 Å².